The number of hydrogen-bond acceptors (Lipinski definition) is 5. The van der Waals surface area contributed by atoms with Crippen molar-refractivity contribution in [1.82, 2.24) is 25.6 Å². The SMILES string of the molecule is Cc1ccc(C(=O)NNC(=O)CSc2nnc(Cc3ccccc3)n2-c2ccc(C)cc2C)cc1. The first-order valence-corrected chi connectivity index (χ1v) is 12.2. The Balaban J connectivity index is 1.48. The van der Waals surface area contributed by atoms with Crippen molar-refractivity contribution in [3.8, 4) is 5.69 Å². The first-order valence-electron chi connectivity index (χ1n) is 11.2. The topological polar surface area (TPSA) is 88.9 Å². The number of rotatable bonds is 7. The minimum absolute atomic E-state index is 0.0720. The number of thioether (sulfide) groups is 1. The van der Waals surface area contributed by atoms with E-state index in [1.165, 1.54) is 17.3 Å². The molecule has 0 aliphatic heterocycles. The fourth-order valence-corrected chi connectivity index (χ4v) is 4.42. The molecule has 4 rings (SSSR count). The van der Waals surface area contributed by atoms with E-state index in [9.17, 15) is 9.59 Å². The molecular weight excluding hydrogens is 458 g/mol. The molecule has 0 saturated heterocycles. The number of nitrogens with zero attached hydrogens (tertiary/aromatic N) is 3. The second-order valence-corrected chi connectivity index (χ2v) is 9.29. The lowest BCUT2D eigenvalue weighted by Crippen LogP contribution is -2.42. The summed E-state index contributed by atoms with van der Waals surface area (Å²) in [5.74, 6) is 0.156. The van der Waals surface area contributed by atoms with Crippen LogP contribution in [0.1, 0.15) is 38.4 Å². The summed E-state index contributed by atoms with van der Waals surface area (Å²) in [7, 11) is 0. The molecule has 178 valence electrons. The summed E-state index contributed by atoms with van der Waals surface area (Å²) in [5, 5.41) is 9.44. The summed E-state index contributed by atoms with van der Waals surface area (Å²) in [4.78, 5) is 24.7. The summed E-state index contributed by atoms with van der Waals surface area (Å²) in [6, 6.07) is 23.4. The van der Waals surface area contributed by atoms with Crippen molar-refractivity contribution >= 4 is 23.6 Å². The van der Waals surface area contributed by atoms with Gasteiger partial charge in [0.25, 0.3) is 5.91 Å². The van der Waals surface area contributed by atoms with Gasteiger partial charge in [-0.05, 0) is 50.1 Å². The van der Waals surface area contributed by atoms with E-state index in [1.54, 1.807) is 12.1 Å². The van der Waals surface area contributed by atoms with Crippen LogP contribution in [0.4, 0.5) is 0 Å². The number of carbonyl (C=O) groups is 2. The van der Waals surface area contributed by atoms with E-state index in [2.05, 4.69) is 65.2 Å². The molecule has 8 heteroatoms. The number of carbonyl (C=O) groups excluding carboxylic acids is 2. The molecular formula is C27H27N5O2S. The first kappa shape index (κ1) is 24.2. The quantitative estimate of drug-likeness (QED) is 0.300. The van der Waals surface area contributed by atoms with Crippen LogP contribution in [0, 0.1) is 20.8 Å². The zero-order valence-corrected chi connectivity index (χ0v) is 20.7. The van der Waals surface area contributed by atoms with Crippen molar-refractivity contribution < 1.29 is 9.59 Å². The summed E-state index contributed by atoms with van der Waals surface area (Å²) >= 11 is 1.27. The van der Waals surface area contributed by atoms with Gasteiger partial charge < -0.3 is 0 Å². The zero-order chi connectivity index (χ0) is 24.8. The maximum absolute atomic E-state index is 12.5. The lowest BCUT2D eigenvalue weighted by molar-refractivity contribution is -0.119. The predicted octanol–water partition coefficient (Wildman–Crippen LogP) is 4.34. The molecule has 1 aromatic heterocycles. The molecule has 0 saturated carbocycles. The Morgan fingerprint density at radius 3 is 2.29 bits per heavy atom. The van der Waals surface area contributed by atoms with Gasteiger partial charge in [0, 0.05) is 12.0 Å². The van der Waals surface area contributed by atoms with E-state index in [4.69, 9.17) is 0 Å². The molecule has 0 radical (unpaired) electrons. The highest BCUT2D eigenvalue weighted by molar-refractivity contribution is 7.99. The maximum atomic E-state index is 12.5. The average molecular weight is 486 g/mol. The number of nitrogens with one attached hydrogen (secondary N) is 2. The summed E-state index contributed by atoms with van der Waals surface area (Å²) in [5.41, 5.74) is 10.8. The highest BCUT2D eigenvalue weighted by Gasteiger charge is 2.18. The Bertz CT molecular complexity index is 1330. The van der Waals surface area contributed by atoms with Gasteiger partial charge in [0.2, 0.25) is 5.91 Å². The lowest BCUT2D eigenvalue weighted by atomic mass is 10.1. The van der Waals surface area contributed by atoms with Crippen molar-refractivity contribution in [3.05, 3.63) is 106 Å². The van der Waals surface area contributed by atoms with Gasteiger partial charge in [-0.25, -0.2) is 0 Å². The van der Waals surface area contributed by atoms with Crippen molar-refractivity contribution in [1.29, 1.82) is 0 Å². The minimum Gasteiger partial charge on any atom is -0.273 e. The Morgan fingerprint density at radius 2 is 1.57 bits per heavy atom. The van der Waals surface area contributed by atoms with Gasteiger partial charge >= 0.3 is 0 Å². The fraction of sp³-hybridized carbons (Fsp3) is 0.185. The smallest absolute Gasteiger partial charge is 0.269 e. The minimum atomic E-state index is -0.369. The molecule has 0 fully saturated rings. The molecule has 35 heavy (non-hydrogen) atoms. The molecule has 3 aromatic carbocycles. The zero-order valence-electron chi connectivity index (χ0n) is 19.9. The molecule has 0 spiro atoms. The number of hydrazine groups is 1. The average Bonchev–Trinajstić information content (AvgIpc) is 3.24. The largest absolute Gasteiger partial charge is 0.273 e. The molecule has 2 N–H and O–H groups in total. The highest BCUT2D eigenvalue weighted by atomic mass is 32.2. The Hall–Kier alpha value is -3.91. The predicted molar refractivity (Wildman–Crippen MR) is 138 cm³/mol. The second-order valence-electron chi connectivity index (χ2n) is 8.34. The molecule has 0 bridgehead atoms. The summed E-state index contributed by atoms with van der Waals surface area (Å²) in [6.45, 7) is 6.05. The third-order valence-corrected chi connectivity index (χ3v) is 6.39. The maximum Gasteiger partial charge on any atom is 0.269 e. The summed E-state index contributed by atoms with van der Waals surface area (Å²) < 4.78 is 2.00. The van der Waals surface area contributed by atoms with Crippen molar-refractivity contribution in [2.45, 2.75) is 32.3 Å². The number of benzene rings is 3. The molecule has 0 unspecified atom stereocenters. The molecule has 0 atom stereocenters. The molecule has 1 heterocycles. The van der Waals surface area contributed by atoms with Gasteiger partial charge in [-0.2, -0.15) is 0 Å². The van der Waals surface area contributed by atoms with Crippen LogP contribution in [-0.2, 0) is 11.2 Å². The van der Waals surface area contributed by atoms with Crippen LogP contribution in [0.2, 0.25) is 0 Å². The van der Waals surface area contributed by atoms with Crippen LogP contribution in [0.3, 0.4) is 0 Å². The van der Waals surface area contributed by atoms with Crippen LogP contribution in [0.5, 0.6) is 0 Å². The van der Waals surface area contributed by atoms with E-state index in [1.807, 2.05) is 41.8 Å². The lowest BCUT2D eigenvalue weighted by Gasteiger charge is -2.14. The molecule has 0 aliphatic carbocycles. The van der Waals surface area contributed by atoms with Crippen LogP contribution in [-0.4, -0.2) is 32.3 Å². The van der Waals surface area contributed by atoms with Gasteiger partial charge in [0.15, 0.2) is 5.16 Å². The molecule has 7 nitrogen and oxygen atoms in total. The van der Waals surface area contributed by atoms with E-state index in [-0.39, 0.29) is 17.6 Å². The van der Waals surface area contributed by atoms with Gasteiger partial charge in [-0.1, -0.05) is 77.5 Å². The summed E-state index contributed by atoms with van der Waals surface area (Å²) in [6.07, 6.45) is 0.612. The van der Waals surface area contributed by atoms with Gasteiger partial charge in [0.05, 0.1) is 11.4 Å². The third-order valence-electron chi connectivity index (χ3n) is 5.46. The normalized spacial score (nSPS) is 10.7. The van der Waals surface area contributed by atoms with Crippen molar-refractivity contribution in [3.63, 3.8) is 0 Å². The van der Waals surface area contributed by atoms with Gasteiger partial charge in [-0.3, -0.25) is 25.0 Å². The van der Waals surface area contributed by atoms with E-state index in [0.29, 0.717) is 17.1 Å². The van der Waals surface area contributed by atoms with E-state index in [0.717, 1.165) is 28.2 Å². The highest BCUT2D eigenvalue weighted by Crippen LogP contribution is 2.26. The van der Waals surface area contributed by atoms with Crippen LogP contribution in [0.25, 0.3) is 5.69 Å². The third kappa shape index (κ3) is 6.16. The number of amides is 2. The fourth-order valence-electron chi connectivity index (χ4n) is 3.65. The second kappa shape index (κ2) is 11.0. The number of aromatic nitrogens is 3. The van der Waals surface area contributed by atoms with Gasteiger partial charge in [-0.15, -0.1) is 10.2 Å². The monoisotopic (exact) mass is 485 g/mol. The van der Waals surface area contributed by atoms with Crippen LogP contribution < -0.4 is 10.9 Å². The Kier molecular flexibility index (Phi) is 7.62. The van der Waals surface area contributed by atoms with Crippen molar-refractivity contribution in [2.24, 2.45) is 0 Å². The van der Waals surface area contributed by atoms with Crippen LogP contribution in [0.15, 0.2) is 78.0 Å². The van der Waals surface area contributed by atoms with Crippen LogP contribution >= 0.6 is 11.8 Å². The number of aryl methyl sites for hydroxylation is 3. The van der Waals surface area contributed by atoms with E-state index >= 15 is 0 Å². The Morgan fingerprint density at radius 1 is 0.857 bits per heavy atom. The molecule has 2 amide bonds. The van der Waals surface area contributed by atoms with Crippen molar-refractivity contribution in [2.75, 3.05) is 5.75 Å². The number of hydrogen-bond donors (Lipinski definition) is 2. The van der Waals surface area contributed by atoms with E-state index < -0.39 is 0 Å². The first-order chi connectivity index (χ1) is 16.9. The molecule has 0 aliphatic rings. The van der Waals surface area contributed by atoms with Gasteiger partial charge in [0.1, 0.15) is 5.82 Å². The molecule has 4 aromatic rings. The standard InChI is InChI=1S/C27H27N5O2S/c1-18-9-12-22(13-10-18)26(34)30-29-25(33)17-35-27-31-28-24(16-21-7-5-4-6-8-21)32(27)23-14-11-19(2)15-20(23)3/h4-15H,16-17H2,1-3H3,(H,29,33)(H,30,34). The Labute approximate surface area is 209 Å².